The van der Waals surface area contributed by atoms with Crippen molar-refractivity contribution in [3.63, 3.8) is 0 Å². The normalized spacial score (nSPS) is 10.5. The standard InChI is InChI=1S/C13H10N4OS/c18-7-12-5-14-9-17(12)6-10-1-3-11(4-2-10)13-8-19-16-15-13/h1-5,7-9H,6H2. The molecule has 0 aliphatic rings. The number of rotatable bonds is 4. The van der Waals surface area contributed by atoms with Crippen LogP contribution < -0.4 is 0 Å². The molecule has 19 heavy (non-hydrogen) atoms. The van der Waals surface area contributed by atoms with Crippen molar-refractivity contribution in [2.75, 3.05) is 0 Å². The number of carbonyl (C=O) groups is 1. The van der Waals surface area contributed by atoms with Crippen LogP contribution >= 0.6 is 11.5 Å². The number of benzene rings is 1. The molecule has 6 heteroatoms. The SMILES string of the molecule is O=Cc1cncn1Cc1ccc(-c2csnn2)cc1. The quantitative estimate of drug-likeness (QED) is 0.682. The first-order valence-corrected chi connectivity index (χ1v) is 6.52. The van der Waals surface area contributed by atoms with Crippen molar-refractivity contribution in [2.24, 2.45) is 0 Å². The van der Waals surface area contributed by atoms with Crippen molar-refractivity contribution in [2.45, 2.75) is 6.54 Å². The van der Waals surface area contributed by atoms with Gasteiger partial charge in [0.05, 0.1) is 12.5 Å². The van der Waals surface area contributed by atoms with Gasteiger partial charge in [0.15, 0.2) is 6.29 Å². The van der Waals surface area contributed by atoms with Crippen molar-refractivity contribution < 1.29 is 4.79 Å². The molecule has 0 aliphatic carbocycles. The summed E-state index contributed by atoms with van der Waals surface area (Å²) in [5.74, 6) is 0. The van der Waals surface area contributed by atoms with E-state index in [0.717, 1.165) is 23.1 Å². The van der Waals surface area contributed by atoms with E-state index in [1.807, 2.05) is 34.2 Å². The number of imidazole rings is 1. The monoisotopic (exact) mass is 270 g/mol. The lowest BCUT2D eigenvalue weighted by atomic mass is 10.1. The fraction of sp³-hybridized carbons (Fsp3) is 0.0769. The summed E-state index contributed by atoms with van der Waals surface area (Å²) in [6.07, 6.45) is 4.02. The van der Waals surface area contributed by atoms with Gasteiger partial charge in [-0.15, -0.1) is 5.10 Å². The average Bonchev–Trinajstić information content (AvgIpc) is 3.10. The van der Waals surface area contributed by atoms with Crippen molar-refractivity contribution in [3.05, 3.63) is 53.4 Å². The molecule has 3 rings (SSSR count). The number of hydrogen-bond donors (Lipinski definition) is 0. The Kier molecular flexibility index (Phi) is 3.16. The van der Waals surface area contributed by atoms with Gasteiger partial charge in [-0.3, -0.25) is 4.79 Å². The maximum Gasteiger partial charge on any atom is 0.168 e. The van der Waals surface area contributed by atoms with E-state index in [9.17, 15) is 4.79 Å². The van der Waals surface area contributed by atoms with E-state index in [1.54, 1.807) is 12.5 Å². The van der Waals surface area contributed by atoms with Gasteiger partial charge in [-0.05, 0) is 17.1 Å². The Labute approximate surface area is 113 Å². The van der Waals surface area contributed by atoms with Gasteiger partial charge in [-0.2, -0.15) is 0 Å². The fourth-order valence-corrected chi connectivity index (χ4v) is 2.29. The molecule has 0 saturated heterocycles. The average molecular weight is 270 g/mol. The summed E-state index contributed by atoms with van der Waals surface area (Å²) >= 11 is 1.33. The topological polar surface area (TPSA) is 60.7 Å². The molecular formula is C13H10N4OS. The van der Waals surface area contributed by atoms with Gasteiger partial charge in [0, 0.05) is 17.5 Å². The van der Waals surface area contributed by atoms with Gasteiger partial charge in [0.1, 0.15) is 11.4 Å². The maximum absolute atomic E-state index is 10.8. The van der Waals surface area contributed by atoms with Gasteiger partial charge in [-0.1, -0.05) is 28.8 Å². The minimum absolute atomic E-state index is 0.577. The van der Waals surface area contributed by atoms with E-state index < -0.39 is 0 Å². The first-order chi connectivity index (χ1) is 9.36. The van der Waals surface area contributed by atoms with Crippen LogP contribution in [0.1, 0.15) is 16.1 Å². The third-order valence-electron chi connectivity index (χ3n) is 2.83. The highest BCUT2D eigenvalue weighted by atomic mass is 32.1. The van der Waals surface area contributed by atoms with E-state index in [4.69, 9.17) is 0 Å². The Morgan fingerprint density at radius 1 is 1.26 bits per heavy atom. The molecule has 0 N–H and O–H groups in total. The summed E-state index contributed by atoms with van der Waals surface area (Å²) in [7, 11) is 0. The molecule has 0 amide bonds. The first kappa shape index (κ1) is 11.7. The van der Waals surface area contributed by atoms with Crippen LogP contribution in [-0.4, -0.2) is 25.4 Å². The molecule has 0 aliphatic heterocycles. The zero-order valence-corrected chi connectivity index (χ0v) is 10.7. The second kappa shape index (κ2) is 5.11. The summed E-state index contributed by atoms with van der Waals surface area (Å²) in [6.45, 7) is 0.629. The highest BCUT2D eigenvalue weighted by Crippen LogP contribution is 2.18. The van der Waals surface area contributed by atoms with Gasteiger partial charge in [0.2, 0.25) is 0 Å². The molecule has 0 saturated carbocycles. The number of aromatic nitrogens is 4. The summed E-state index contributed by atoms with van der Waals surface area (Å²) < 4.78 is 5.66. The summed E-state index contributed by atoms with van der Waals surface area (Å²) in [5.41, 5.74) is 3.60. The maximum atomic E-state index is 10.8. The van der Waals surface area contributed by atoms with Crippen molar-refractivity contribution in [1.29, 1.82) is 0 Å². The first-order valence-electron chi connectivity index (χ1n) is 5.68. The lowest BCUT2D eigenvalue weighted by Gasteiger charge is -2.05. The van der Waals surface area contributed by atoms with Gasteiger partial charge >= 0.3 is 0 Å². The highest BCUT2D eigenvalue weighted by molar-refractivity contribution is 7.03. The van der Waals surface area contributed by atoms with E-state index >= 15 is 0 Å². The Morgan fingerprint density at radius 3 is 2.79 bits per heavy atom. The highest BCUT2D eigenvalue weighted by Gasteiger charge is 2.03. The minimum Gasteiger partial charge on any atom is -0.324 e. The van der Waals surface area contributed by atoms with Crippen LogP contribution in [0.2, 0.25) is 0 Å². The lowest BCUT2D eigenvalue weighted by Crippen LogP contribution is -2.02. The molecule has 0 spiro atoms. The van der Waals surface area contributed by atoms with Crippen LogP contribution in [-0.2, 0) is 6.54 Å². The van der Waals surface area contributed by atoms with Gasteiger partial charge in [0.25, 0.3) is 0 Å². The lowest BCUT2D eigenvalue weighted by molar-refractivity contribution is 0.111. The largest absolute Gasteiger partial charge is 0.324 e. The molecule has 0 atom stereocenters. The van der Waals surface area contributed by atoms with E-state index in [-0.39, 0.29) is 0 Å². The smallest absolute Gasteiger partial charge is 0.168 e. The number of carbonyl (C=O) groups excluding carboxylic acids is 1. The van der Waals surface area contributed by atoms with Crippen LogP contribution in [0.25, 0.3) is 11.3 Å². The molecule has 0 unspecified atom stereocenters. The zero-order valence-electron chi connectivity index (χ0n) is 9.93. The van der Waals surface area contributed by atoms with Crippen molar-refractivity contribution in [1.82, 2.24) is 19.1 Å². The predicted molar refractivity (Wildman–Crippen MR) is 72.1 cm³/mol. The fourth-order valence-electron chi connectivity index (χ4n) is 1.83. The van der Waals surface area contributed by atoms with Crippen LogP contribution in [0.5, 0.6) is 0 Å². The molecule has 0 fully saturated rings. The molecule has 5 nitrogen and oxygen atoms in total. The van der Waals surface area contributed by atoms with E-state index in [0.29, 0.717) is 12.2 Å². The van der Waals surface area contributed by atoms with Crippen LogP contribution in [0, 0.1) is 0 Å². The van der Waals surface area contributed by atoms with Gasteiger partial charge in [-0.25, -0.2) is 4.98 Å². The summed E-state index contributed by atoms with van der Waals surface area (Å²) in [4.78, 5) is 14.8. The predicted octanol–water partition coefficient (Wildman–Crippen LogP) is 2.26. The zero-order chi connectivity index (χ0) is 13.1. The second-order valence-corrected chi connectivity index (χ2v) is 4.66. The molecule has 94 valence electrons. The molecule has 0 radical (unpaired) electrons. The van der Waals surface area contributed by atoms with E-state index in [2.05, 4.69) is 14.6 Å². The molecule has 1 aromatic carbocycles. The minimum atomic E-state index is 0.577. The van der Waals surface area contributed by atoms with Gasteiger partial charge < -0.3 is 4.57 Å². The number of aldehydes is 1. The summed E-state index contributed by atoms with van der Waals surface area (Å²) in [5, 5.41) is 5.94. The Balaban J connectivity index is 1.82. The molecular weight excluding hydrogens is 260 g/mol. The van der Waals surface area contributed by atoms with Crippen LogP contribution in [0.3, 0.4) is 0 Å². The molecule has 2 heterocycles. The Hall–Kier alpha value is -2.34. The Bertz CT molecular complexity index is 673. The summed E-state index contributed by atoms with van der Waals surface area (Å²) in [6, 6.07) is 8.04. The van der Waals surface area contributed by atoms with E-state index in [1.165, 1.54) is 11.5 Å². The number of hydrogen-bond acceptors (Lipinski definition) is 5. The third-order valence-corrected chi connectivity index (χ3v) is 3.33. The van der Waals surface area contributed by atoms with Crippen LogP contribution in [0.15, 0.2) is 42.2 Å². The third kappa shape index (κ3) is 2.43. The molecule has 2 aromatic heterocycles. The second-order valence-electron chi connectivity index (χ2n) is 4.05. The van der Waals surface area contributed by atoms with Crippen molar-refractivity contribution in [3.8, 4) is 11.3 Å². The molecule has 3 aromatic rings. The number of nitrogens with zero attached hydrogens (tertiary/aromatic N) is 4. The molecule has 0 bridgehead atoms. The van der Waals surface area contributed by atoms with Crippen LogP contribution in [0.4, 0.5) is 0 Å². The Morgan fingerprint density at radius 2 is 2.11 bits per heavy atom. The van der Waals surface area contributed by atoms with Crippen molar-refractivity contribution >= 4 is 17.8 Å².